The van der Waals surface area contributed by atoms with Crippen molar-refractivity contribution >= 4 is 5.91 Å². The van der Waals surface area contributed by atoms with Crippen molar-refractivity contribution < 1.29 is 14.4 Å². The number of quaternary nitrogens is 1. The van der Waals surface area contributed by atoms with Crippen molar-refractivity contribution in [2.45, 2.75) is 51.9 Å². The number of hydrogen-bond acceptors (Lipinski definition) is 2. The van der Waals surface area contributed by atoms with Crippen LogP contribution in [0.1, 0.15) is 51.9 Å². The van der Waals surface area contributed by atoms with E-state index in [1.54, 1.807) is 0 Å². The lowest BCUT2D eigenvalue weighted by molar-refractivity contribution is -0.890. The van der Waals surface area contributed by atoms with E-state index >= 15 is 0 Å². The minimum Gasteiger partial charge on any atom is -0.396 e. The van der Waals surface area contributed by atoms with Gasteiger partial charge in [-0.05, 0) is 25.7 Å². The second-order valence-electron chi connectivity index (χ2n) is 5.97. The number of nitrogens with one attached hydrogen (secondary N) is 1. The van der Waals surface area contributed by atoms with Crippen molar-refractivity contribution in [3.63, 3.8) is 0 Å². The average Bonchev–Trinajstić information content (AvgIpc) is 2.36. The number of hydrogen-bond donors (Lipinski definition) is 2. The van der Waals surface area contributed by atoms with E-state index in [9.17, 15) is 4.79 Å². The van der Waals surface area contributed by atoms with Crippen LogP contribution >= 0.6 is 0 Å². The molecule has 114 valence electrons. The maximum Gasteiger partial charge on any atom is 0.219 e. The lowest BCUT2D eigenvalue weighted by Crippen LogP contribution is -2.41. The number of aliphatic hydroxyl groups excluding tert-OH is 1. The van der Waals surface area contributed by atoms with Crippen LogP contribution in [0.15, 0.2) is 0 Å². The van der Waals surface area contributed by atoms with Crippen molar-refractivity contribution in [2.24, 2.45) is 0 Å². The van der Waals surface area contributed by atoms with Crippen LogP contribution in [-0.2, 0) is 4.79 Å². The highest BCUT2D eigenvalue weighted by atomic mass is 16.3. The van der Waals surface area contributed by atoms with Crippen LogP contribution in [0.3, 0.4) is 0 Å². The van der Waals surface area contributed by atoms with E-state index in [2.05, 4.69) is 26.3 Å². The molecule has 0 aliphatic rings. The Labute approximate surface area is 118 Å². The lowest BCUT2D eigenvalue weighted by atomic mass is 10.1. The first-order valence-electron chi connectivity index (χ1n) is 7.71. The largest absolute Gasteiger partial charge is 0.396 e. The molecule has 2 N–H and O–H groups in total. The first-order valence-corrected chi connectivity index (χ1v) is 7.71. The summed E-state index contributed by atoms with van der Waals surface area (Å²) in [5, 5.41) is 11.8. The smallest absolute Gasteiger partial charge is 0.219 e. The van der Waals surface area contributed by atoms with Crippen molar-refractivity contribution in [1.82, 2.24) is 5.32 Å². The number of unbranched alkanes of at least 4 members (excludes halogenated alkanes) is 3. The summed E-state index contributed by atoms with van der Waals surface area (Å²) in [5.41, 5.74) is 0. The van der Waals surface area contributed by atoms with Gasteiger partial charge in [0.25, 0.3) is 0 Å². The molecule has 0 heterocycles. The van der Waals surface area contributed by atoms with E-state index in [1.165, 1.54) is 0 Å². The van der Waals surface area contributed by atoms with Gasteiger partial charge in [-0.2, -0.15) is 0 Å². The van der Waals surface area contributed by atoms with Crippen LogP contribution in [-0.4, -0.2) is 55.8 Å². The monoisotopic (exact) mass is 273 g/mol. The molecule has 0 fully saturated rings. The number of carbonyl (C=O) groups is 1. The van der Waals surface area contributed by atoms with Gasteiger partial charge in [0, 0.05) is 26.0 Å². The third-order valence-electron chi connectivity index (χ3n) is 3.44. The van der Waals surface area contributed by atoms with Crippen molar-refractivity contribution in [3.8, 4) is 0 Å². The van der Waals surface area contributed by atoms with Crippen molar-refractivity contribution in [1.29, 1.82) is 0 Å². The fourth-order valence-corrected chi connectivity index (χ4v) is 2.11. The molecule has 0 radical (unpaired) electrons. The standard InChI is InChI=1S/C15H32N2O2/c1-4-5-11-16-15(19)10-7-6-8-12-17(2,3)13-9-14-18/h18H,4-14H2,1-3H3/p+1. The molecule has 1 amide bonds. The van der Waals surface area contributed by atoms with Gasteiger partial charge in [0.1, 0.15) is 0 Å². The van der Waals surface area contributed by atoms with Gasteiger partial charge in [-0.1, -0.05) is 13.3 Å². The summed E-state index contributed by atoms with van der Waals surface area (Å²) in [5.74, 6) is 0.197. The topological polar surface area (TPSA) is 49.3 Å². The van der Waals surface area contributed by atoms with E-state index in [1.807, 2.05) is 0 Å². The zero-order valence-corrected chi connectivity index (χ0v) is 13.1. The fraction of sp³-hybridized carbons (Fsp3) is 0.933. The summed E-state index contributed by atoms with van der Waals surface area (Å²) in [6.07, 6.45) is 6.98. The zero-order chi connectivity index (χ0) is 14.6. The van der Waals surface area contributed by atoms with Gasteiger partial charge in [-0.25, -0.2) is 0 Å². The molecule has 0 unspecified atom stereocenters. The Morgan fingerprint density at radius 1 is 1.05 bits per heavy atom. The fourth-order valence-electron chi connectivity index (χ4n) is 2.11. The van der Waals surface area contributed by atoms with Gasteiger partial charge in [-0.15, -0.1) is 0 Å². The second-order valence-corrected chi connectivity index (χ2v) is 5.97. The van der Waals surface area contributed by atoms with Gasteiger partial charge < -0.3 is 14.9 Å². The molecular weight excluding hydrogens is 240 g/mol. The van der Waals surface area contributed by atoms with Crippen LogP contribution in [0.5, 0.6) is 0 Å². The van der Waals surface area contributed by atoms with Crippen LogP contribution in [0.25, 0.3) is 0 Å². The number of amides is 1. The quantitative estimate of drug-likeness (QED) is 0.421. The Morgan fingerprint density at radius 2 is 1.74 bits per heavy atom. The van der Waals surface area contributed by atoms with Crippen LogP contribution < -0.4 is 5.32 Å². The van der Waals surface area contributed by atoms with Gasteiger partial charge in [0.05, 0.1) is 27.2 Å². The van der Waals surface area contributed by atoms with E-state index in [4.69, 9.17) is 5.11 Å². The lowest BCUT2D eigenvalue weighted by Gasteiger charge is -2.29. The molecule has 0 bridgehead atoms. The number of aliphatic hydroxyl groups is 1. The number of rotatable bonds is 12. The number of carbonyl (C=O) groups excluding carboxylic acids is 1. The predicted octanol–water partition coefficient (Wildman–Crippen LogP) is 1.92. The first kappa shape index (κ1) is 18.4. The molecule has 0 atom stereocenters. The molecule has 4 heteroatoms. The molecule has 0 spiro atoms. The maximum atomic E-state index is 11.5. The minimum atomic E-state index is 0.197. The molecule has 0 aromatic heterocycles. The average molecular weight is 273 g/mol. The zero-order valence-electron chi connectivity index (χ0n) is 13.1. The van der Waals surface area contributed by atoms with Gasteiger partial charge >= 0.3 is 0 Å². The molecule has 0 saturated heterocycles. The molecule has 0 aliphatic carbocycles. The van der Waals surface area contributed by atoms with E-state index in [0.29, 0.717) is 6.42 Å². The SMILES string of the molecule is CCCCNC(=O)CCCCC[N+](C)(C)CCCO. The summed E-state index contributed by atoms with van der Waals surface area (Å²) in [6, 6.07) is 0. The molecule has 0 saturated carbocycles. The Hall–Kier alpha value is -0.610. The summed E-state index contributed by atoms with van der Waals surface area (Å²) in [7, 11) is 4.40. The Morgan fingerprint density at radius 3 is 2.37 bits per heavy atom. The van der Waals surface area contributed by atoms with Gasteiger partial charge in [0.15, 0.2) is 0 Å². The predicted molar refractivity (Wildman–Crippen MR) is 79.9 cm³/mol. The Kier molecular flexibility index (Phi) is 10.9. The molecule has 19 heavy (non-hydrogen) atoms. The molecular formula is C15H33N2O2+. The summed E-state index contributed by atoms with van der Waals surface area (Å²) in [6.45, 7) is 5.37. The maximum absolute atomic E-state index is 11.5. The molecule has 0 aromatic rings. The highest BCUT2D eigenvalue weighted by Crippen LogP contribution is 2.06. The second kappa shape index (κ2) is 11.2. The van der Waals surface area contributed by atoms with Crippen LogP contribution in [0, 0.1) is 0 Å². The first-order chi connectivity index (χ1) is 9.02. The normalized spacial score (nSPS) is 11.6. The summed E-state index contributed by atoms with van der Waals surface area (Å²) < 4.78 is 0.962. The minimum absolute atomic E-state index is 0.197. The molecule has 4 nitrogen and oxygen atoms in total. The van der Waals surface area contributed by atoms with Gasteiger partial charge in [-0.3, -0.25) is 4.79 Å². The highest BCUT2D eigenvalue weighted by Gasteiger charge is 2.13. The van der Waals surface area contributed by atoms with E-state index < -0.39 is 0 Å². The Bertz CT molecular complexity index is 230. The van der Waals surface area contributed by atoms with Gasteiger partial charge in [0.2, 0.25) is 5.91 Å². The number of nitrogens with zero attached hydrogens (tertiary/aromatic N) is 1. The molecule has 0 rings (SSSR count). The third kappa shape index (κ3) is 12.2. The summed E-state index contributed by atoms with van der Waals surface area (Å²) >= 11 is 0. The van der Waals surface area contributed by atoms with Crippen LogP contribution in [0.4, 0.5) is 0 Å². The molecule has 0 aromatic carbocycles. The highest BCUT2D eigenvalue weighted by molar-refractivity contribution is 5.75. The van der Waals surface area contributed by atoms with E-state index in [0.717, 1.165) is 62.6 Å². The van der Waals surface area contributed by atoms with Crippen molar-refractivity contribution in [2.75, 3.05) is 40.3 Å². The Balaban J connectivity index is 3.45. The van der Waals surface area contributed by atoms with Crippen LogP contribution in [0.2, 0.25) is 0 Å². The van der Waals surface area contributed by atoms with Crippen molar-refractivity contribution in [3.05, 3.63) is 0 Å². The third-order valence-corrected chi connectivity index (χ3v) is 3.44. The molecule has 0 aliphatic heterocycles. The summed E-state index contributed by atoms with van der Waals surface area (Å²) in [4.78, 5) is 11.5. The van der Waals surface area contributed by atoms with E-state index in [-0.39, 0.29) is 12.5 Å².